The van der Waals surface area contributed by atoms with Crippen LogP contribution in [-0.4, -0.2) is 23.1 Å². The molecular formula is C14H18N4. The second kappa shape index (κ2) is 4.44. The summed E-state index contributed by atoms with van der Waals surface area (Å²) in [5, 5.41) is 7.63. The summed E-state index contributed by atoms with van der Waals surface area (Å²) in [6, 6.07) is 8.59. The van der Waals surface area contributed by atoms with Crippen LogP contribution >= 0.6 is 0 Å². The number of para-hydroxylation sites is 1. The Morgan fingerprint density at radius 2 is 2.00 bits per heavy atom. The Labute approximate surface area is 107 Å². The quantitative estimate of drug-likeness (QED) is 0.865. The predicted molar refractivity (Wildman–Crippen MR) is 74.9 cm³/mol. The van der Waals surface area contributed by atoms with Gasteiger partial charge in [-0.1, -0.05) is 12.1 Å². The first kappa shape index (κ1) is 11.3. The maximum atomic E-state index is 4.54. The minimum absolute atomic E-state index is 0.480. The molecule has 4 heteroatoms. The molecule has 1 fully saturated rings. The summed E-state index contributed by atoms with van der Waals surface area (Å²) in [6.45, 7) is 2.23. The highest BCUT2D eigenvalue weighted by molar-refractivity contribution is 5.90. The molecule has 4 nitrogen and oxygen atoms in total. The number of anilines is 2. The van der Waals surface area contributed by atoms with Gasteiger partial charge in [0.15, 0.2) is 0 Å². The summed E-state index contributed by atoms with van der Waals surface area (Å²) >= 11 is 0. The number of rotatable bonds is 4. The molecule has 1 unspecified atom stereocenters. The molecule has 0 bridgehead atoms. The van der Waals surface area contributed by atoms with Crippen molar-refractivity contribution in [1.29, 1.82) is 0 Å². The second-order valence-electron chi connectivity index (χ2n) is 4.93. The van der Waals surface area contributed by atoms with Crippen molar-refractivity contribution in [2.75, 3.05) is 17.7 Å². The molecule has 1 atom stereocenters. The summed E-state index contributed by atoms with van der Waals surface area (Å²) in [6.07, 6.45) is 2.66. The molecule has 0 spiro atoms. The fourth-order valence-corrected chi connectivity index (χ4v) is 2.23. The molecule has 1 aromatic heterocycles. The third-order valence-corrected chi connectivity index (χ3v) is 3.52. The highest BCUT2D eigenvalue weighted by Gasteiger charge is 2.28. The Morgan fingerprint density at radius 3 is 2.72 bits per heavy atom. The molecule has 2 aromatic rings. The number of aromatic nitrogens is 2. The molecule has 0 saturated heterocycles. The van der Waals surface area contributed by atoms with Gasteiger partial charge in [-0.2, -0.15) is 4.98 Å². The molecule has 1 heterocycles. The summed E-state index contributed by atoms with van der Waals surface area (Å²) in [5.41, 5.74) is 0.974. The molecule has 18 heavy (non-hydrogen) atoms. The van der Waals surface area contributed by atoms with Crippen molar-refractivity contribution in [3.63, 3.8) is 0 Å². The summed E-state index contributed by atoms with van der Waals surface area (Å²) < 4.78 is 0. The normalized spacial score (nSPS) is 16.6. The van der Waals surface area contributed by atoms with Crippen LogP contribution in [0.5, 0.6) is 0 Å². The van der Waals surface area contributed by atoms with E-state index >= 15 is 0 Å². The zero-order chi connectivity index (χ0) is 12.5. The van der Waals surface area contributed by atoms with E-state index in [4.69, 9.17) is 0 Å². The molecule has 0 aliphatic heterocycles. The summed E-state index contributed by atoms with van der Waals surface area (Å²) in [5.74, 6) is 2.40. The van der Waals surface area contributed by atoms with E-state index in [9.17, 15) is 0 Å². The van der Waals surface area contributed by atoms with Crippen LogP contribution in [0.4, 0.5) is 11.8 Å². The van der Waals surface area contributed by atoms with Gasteiger partial charge in [-0.15, -0.1) is 0 Å². The Balaban J connectivity index is 2.01. The van der Waals surface area contributed by atoms with Gasteiger partial charge in [-0.3, -0.25) is 0 Å². The molecule has 1 saturated carbocycles. The third-order valence-electron chi connectivity index (χ3n) is 3.52. The van der Waals surface area contributed by atoms with Crippen LogP contribution in [0.2, 0.25) is 0 Å². The van der Waals surface area contributed by atoms with Gasteiger partial charge in [0.2, 0.25) is 5.95 Å². The van der Waals surface area contributed by atoms with E-state index in [1.165, 1.54) is 12.8 Å². The largest absolute Gasteiger partial charge is 0.367 e. The zero-order valence-electron chi connectivity index (χ0n) is 10.8. The van der Waals surface area contributed by atoms with E-state index in [1.807, 2.05) is 25.2 Å². The summed E-state index contributed by atoms with van der Waals surface area (Å²) in [7, 11) is 1.85. The molecule has 0 radical (unpaired) electrons. The Kier molecular flexibility index (Phi) is 2.78. The van der Waals surface area contributed by atoms with Crippen molar-refractivity contribution in [2.24, 2.45) is 5.92 Å². The Bertz CT molecular complexity index is 563. The monoisotopic (exact) mass is 242 g/mol. The molecular weight excluding hydrogens is 224 g/mol. The standard InChI is InChI=1S/C14H18N4/c1-9(10-7-8-10)16-13-11-5-3-4-6-12(11)17-14(15-2)18-13/h3-6,9-10H,7-8H2,1-2H3,(H2,15,16,17,18). The summed E-state index contributed by atoms with van der Waals surface area (Å²) in [4.78, 5) is 9.00. The van der Waals surface area contributed by atoms with Crippen LogP contribution in [0.3, 0.4) is 0 Å². The van der Waals surface area contributed by atoms with Gasteiger partial charge < -0.3 is 10.6 Å². The van der Waals surface area contributed by atoms with Crippen LogP contribution in [0.15, 0.2) is 24.3 Å². The van der Waals surface area contributed by atoms with Gasteiger partial charge in [-0.25, -0.2) is 4.98 Å². The Hall–Kier alpha value is -1.84. The number of nitrogens with zero attached hydrogens (tertiary/aromatic N) is 2. The first-order valence-electron chi connectivity index (χ1n) is 6.49. The molecule has 3 rings (SSSR count). The van der Waals surface area contributed by atoms with Crippen molar-refractivity contribution < 1.29 is 0 Å². The lowest BCUT2D eigenvalue weighted by Crippen LogP contribution is -2.18. The lowest BCUT2D eigenvalue weighted by atomic mass is 10.2. The van der Waals surface area contributed by atoms with E-state index in [0.29, 0.717) is 12.0 Å². The van der Waals surface area contributed by atoms with Crippen LogP contribution < -0.4 is 10.6 Å². The second-order valence-corrected chi connectivity index (χ2v) is 4.93. The minimum Gasteiger partial charge on any atom is -0.367 e. The first-order chi connectivity index (χ1) is 8.78. The van der Waals surface area contributed by atoms with Crippen molar-refractivity contribution in [1.82, 2.24) is 9.97 Å². The fourth-order valence-electron chi connectivity index (χ4n) is 2.23. The minimum atomic E-state index is 0.480. The molecule has 94 valence electrons. The van der Waals surface area contributed by atoms with Gasteiger partial charge in [0.1, 0.15) is 5.82 Å². The number of fused-ring (bicyclic) bond motifs is 1. The van der Waals surface area contributed by atoms with Crippen LogP contribution in [-0.2, 0) is 0 Å². The van der Waals surface area contributed by atoms with E-state index < -0.39 is 0 Å². The van der Waals surface area contributed by atoms with Gasteiger partial charge in [0, 0.05) is 18.5 Å². The van der Waals surface area contributed by atoms with E-state index in [-0.39, 0.29) is 0 Å². The predicted octanol–water partition coefficient (Wildman–Crippen LogP) is 2.88. The van der Waals surface area contributed by atoms with Crippen molar-refractivity contribution in [2.45, 2.75) is 25.8 Å². The van der Waals surface area contributed by atoms with Crippen molar-refractivity contribution >= 4 is 22.7 Å². The molecule has 1 aliphatic rings. The van der Waals surface area contributed by atoms with Crippen LogP contribution in [0, 0.1) is 5.92 Å². The molecule has 2 N–H and O–H groups in total. The number of hydrogen-bond acceptors (Lipinski definition) is 4. The first-order valence-corrected chi connectivity index (χ1v) is 6.49. The number of nitrogens with one attached hydrogen (secondary N) is 2. The van der Waals surface area contributed by atoms with Crippen molar-refractivity contribution in [3.8, 4) is 0 Å². The van der Waals surface area contributed by atoms with Crippen molar-refractivity contribution in [3.05, 3.63) is 24.3 Å². The fraction of sp³-hybridized carbons (Fsp3) is 0.429. The van der Waals surface area contributed by atoms with E-state index in [2.05, 4.69) is 33.6 Å². The van der Waals surface area contributed by atoms with Crippen LogP contribution in [0.25, 0.3) is 10.9 Å². The zero-order valence-corrected chi connectivity index (χ0v) is 10.8. The molecule has 0 amide bonds. The SMILES string of the molecule is CNc1nc(NC(C)C2CC2)c2ccccc2n1. The van der Waals surface area contributed by atoms with E-state index in [0.717, 1.165) is 22.6 Å². The highest BCUT2D eigenvalue weighted by Crippen LogP contribution is 2.34. The van der Waals surface area contributed by atoms with E-state index in [1.54, 1.807) is 0 Å². The smallest absolute Gasteiger partial charge is 0.224 e. The van der Waals surface area contributed by atoms with Crippen LogP contribution in [0.1, 0.15) is 19.8 Å². The maximum Gasteiger partial charge on any atom is 0.224 e. The third kappa shape index (κ3) is 2.10. The van der Waals surface area contributed by atoms with Gasteiger partial charge >= 0.3 is 0 Å². The average Bonchev–Trinajstić information content (AvgIpc) is 3.22. The average molecular weight is 242 g/mol. The topological polar surface area (TPSA) is 49.8 Å². The van der Waals surface area contributed by atoms with Gasteiger partial charge in [-0.05, 0) is 37.8 Å². The lowest BCUT2D eigenvalue weighted by molar-refractivity contribution is 0.691. The maximum absolute atomic E-state index is 4.54. The molecule has 1 aliphatic carbocycles. The number of hydrogen-bond donors (Lipinski definition) is 2. The van der Waals surface area contributed by atoms with Gasteiger partial charge in [0.05, 0.1) is 5.52 Å². The van der Waals surface area contributed by atoms with Gasteiger partial charge in [0.25, 0.3) is 0 Å². The Morgan fingerprint density at radius 1 is 1.22 bits per heavy atom. The highest BCUT2D eigenvalue weighted by atomic mass is 15.1. The number of benzene rings is 1. The lowest BCUT2D eigenvalue weighted by Gasteiger charge is -2.16. The molecule has 1 aromatic carbocycles.